The Balaban J connectivity index is 1.84. The maximum absolute atomic E-state index is 12.5. The number of pyridine rings is 1. The van der Waals surface area contributed by atoms with Crippen LogP contribution >= 0.6 is 0 Å². The highest BCUT2D eigenvalue weighted by molar-refractivity contribution is 6.05. The van der Waals surface area contributed by atoms with Gasteiger partial charge in [-0.2, -0.15) is 0 Å². The van der Waals surface area contributed by atoms with Crippen molar-refractivity contribution in [2.24, 2.45) is 0 Å². The number of nitrogens with two attached hydrogens (primary N) is 1. The molecule has 128 valence electrons. The number of para-hydroxylation sites is 1. The van der Waals surface area contributed by atoms with Crippen LogP contribution in [0.2, 0.25) is 0 Å². The van der Waals surface area contributed by atoms with Gasteiger partial charge in [0.15, 0.2) is 0 Å². The van der Waals surface area contributed by atoms with Gasteiger partial charge in [-0.15, -0.1) is 0 Å². The molecule has 6 heteroatoms. The first-order valence-electron chi connectivity index (χ1n) is 8.04. The first-order chi connectivity index (χ1) is 12.1. The first-order valence-corrected chi connectivity index (χ1v) is 8.04. The standard InChI is InChI=1S/C19H19N3O3/c1-2-9-25-17-8-7-12(10-15(17)20)22-19(24)14-11-21-16-6-4-3-5-13(16)18(14)23/h3-8,10-11H,2,9,20H2,1H3,(H,21,23)(H,22,24). The van der Waals surface area contributed by atoms with E-state index in [0.29, 0.717) is 34.6 Å². The van der Waals surface area contributed by atoms with E-state index in [4.69, 9.17) is 10.5 Å². The Hall–Kier alpha value is -3.28. The minimum Gasteiger partial charge on any atom is -0.491 e. The van der Waals surface area contributed by atoms with Gasteiger partial charge >= 0.3 is 0 Å². The van der Waals surface area contributed by atoms with E-state index in [1.807, 2.05) is 13.0 Å². The molecule has 0 aliphatic rings. The maximum atomic E-state index is 12.5. The number of nitrogen functional groups attached to an aromatic ring is 1. The van der Waals surface area contributed by atoms with Crippen LogP contribution in [0.15, 0.2) is 53.5 Å². The van der Waals surface area contributed by atoms with Crippen LogP contribution in [0.4, 0.5) is 11.4 Å². The summed E-state index contributed by atoms with van der Waals surface area (Å²) in [4.78, 5) is 27.9. The van der Waals surface area contributed by atoms with Crippen LogP contribution in [-0.2, 0) is 0 Å². The van der Waals surface area contributed by atoms with E-state index in [2.05, 4.69) is 10.3 Å². The topological polar surface area (TPSA) is 97.2 Å². The predicted octanol–water partition coefficient (Wildman–Crippen LogP) is 3.15. The fraction of sp³-hybridized carbons (Fsp3) is 0.158. The molecular weight excluding hydrogens is 318 g/mol. The second kappa shape index (κ2) is 7.09. The quantitative estimate of drug-likeness (QED) is 0.623. The van der Waals surface area contributed by atoms with Crippen LogP contribution in [-0.4, -0.2) is 17.5 Å². The molecule has 0 unspecified atom stereocenters. The Morgan fingerprint density at radius 3 is 2.80 bits per heavy atom. The van der Waals surface area contributed by atoms with Crippen LogP contribution in [0.3, 0.4) is 0 Å². The number of carbonyl (C=O) groups is 1. The fourth-order valence-corrected chi connectivity index (χ4v) is 2.50. The van der Waals surface area contributed by atoms with Crippen molar-refractivity contribution in [1.82, 2.24) is 4.98 Å². The lowest BCUT2D eigenvalue weighted by molar-refractivity contribution is 0.102. The number of ether oxygens (including phenoxy) is 1. The SMILES string of the molecule is CCCOc1ccc(NC(=O)c2c[nH]c3ccccc3c2=O)cc1N. The molecule has 0 fully saturated rings. The molecule has 0 saturated carbocycles. The molecule has 4 N–H and O–H groups in total. The maximum Gasteiger partial charge on any atom is 0.261 e. The van der Waals surface area contributed by atoms with Gasteiger partial charge in [0.05, 0.1) is 12.3 Å². The van der Waals surface area contributed by atoms with Gasteiger partial charge in [0.1, 0.15) is 11.3 Å². The molecule has 0 saturated heterocycles. The number of aromatic amines is 1. The number of aromatic nitrogens is 1. The highest BCUT2D eigenvalue weighted by Crippen LogP contribution is 2.25. The Morgan fingerprint density at radius 2 is 2.04 bits per heavy atom. The number of H-pyrrole nitrogens is 1. The van der Waals surface area contributed by atoms with Crippen molar-refractivity contribution in [3.05, 3.63) is 64.4 Å². The minimum absolute atomic E-state index is 0.0450. The Bertz CT molecular complexity index is 979. The van der Waals surface area contributed by atoms with E-state index in [0.717, 1.165) is 6.42 Å². The van der Waals surface area contributed by atoms with Gasteiger partial charge in [-0.25, -0.2) is 0 Å². The number of nitrogens with one attached hydrogen (secondary N) is 2. The number of hydrogen-bond donors (Lipinski definition) is 3. The summed E-state index contributed by atoms with van der Waals surface area (Å²) in [5.41, 5.74) is 7.28. The number of amides is 1. The monoisotopic (exact) mass is 337 g/mol. The third-order valence-electron chi connectivity index (χ3n) is 3.76. The lowest BCUT2D eigenvalue weighted by atomic mass is 10.1. The molecule has 1 amide bonds. The van der Waals surface area contributed by atoms with E-state index >= 15 is 0 Å². The average Bonchev–Trinajstić information content (AvgIpc) is 2.61. The van der Waals surface area contributed by atoms with Gasteiger partial charge in [-0.05, 0) is 36.8 Å². The molecule has 6 nitrogen and oxygen atoms in total. The summed E-state index contributed by atoms with van der Waals surface area (Å²) >= 11 is 0. The van der Waals surface area contributed by atoms with Gasteiger partial charge in [0, 0.05) is 22.8 Å². The number of hydrogen-bond acceptors (Lipinski definition) is 4. The van der Waals surface area contributed by atoms with Crippen LogP contribution in [0.1, 0.15) is 23.7 Å². The van der Waals surface area contributed by atoms with Gasteiger partial charge in [0.2, 0.25) is 5.43 Å². The van der Waals surface area contributed by atoms with E-state index < -0.39 is 5.91 Å². The summed E-state index contributed by atoms with van der Waals surface area (Å²) in [6.07, 6.45) is 2.30. The summed E-state index contributed by atoms with van der Waals surface area (Å²) < 4.78 is 5.51. The van der Waals surface area contributed by atoms with E-state index in [1.54, 1.807) is 36.4 Å². The first kappa shape index (κ1) is 16.6. The molecule has 1 heterocycles. The largest absolute Gasteiger partial charge is 0.491 e. The highest BCUT2D eigenvalue weighted by Gasteiger charge is 2.13. The summed E-state index contributed by atoms with van der Waals surface area (Å²) in [5, 5.41) is 3.16. The zero-order valence-electron chi connectivity index (χ0n) is 13.8. The summed E-state index contributed by atoms with van der Waals surface area (Å²) in [5.74, 6) is 0.0806. The van der Waals surface area contributed by atoms with Crippen LogP contribution in [0, 0.1) is 0 Å². The second-order valence-electron chi connectivity index (χ2n) is 5.63. The third kappa shape index (κ3) is 3.47. The zero-order chi connectivity index (χ0) is 17.8. The number of fused-ring (bicyclic) bond motifs is 1. The molecular formula is C19H19N3O3. The van der Waals surface area contributed by atoms with Gasteiger partial charge in [0.25, 0.3) is 5.91 Å². The fourth-order valence-electron chi connectivity index (χ4n) is 2.50. The number of benzene rings is 2. The number of anilines is 2. The van der Waals surface area contributed by atoms with E-state index in [1.165, 1.54) is 6.20 Å². The Morgan fingerprint density at radius 1 is 1.24 bits per heavy atom. The smallest absolute Gasteiger partial charge is 0.261 e. The van der Waals surface area contributed by atoms with Crippen LogP contribution in [0.25, 0.3) is 10.9 Å². The Labute approximate surface area is 144 Å². The van der Waals surface area contributed by atoms with Crippen molar-refractivity contribution in [2.45, 2.75) is 13.3 Å². The second-order valence-corrected chi connectivity index (χ2v) is 5.63. The normalized spacial score (nSPS) is 10.6. The van der Waals surface area contributed by atoms with Crippen molar-refractivity contribution in [1.29, 1.82) is 0 Å². The molecule has 0 aliphatic carbocycles. The van der Waals surface area contributed by atoms with Crippen molar-refractivity contribution in [3.8, 4) is 5.75 Å². The molecule has 0 bridgehead atoms. The summed E-state index contributed by atoms with van der Waals surface area (Å²) in [7, 11) is 0. The van der Waals surface area contributed by atoms with E-state index in [9.17, 15) is 9.59 Å². The van der Waals surface area contributed by atoms with Crippen LogP contribution < -0.4 is 21.2 Å². The third-order valence-corrected chi connectivity index (χ3v) is 3.76. The molecule has 0 radical (unpaired) electrons. The van der Waals surface area contributed by atoms with Crippen molar-refractivity contribution in [2.75, 3.05) is 17.7 Å². The zero-order valence-corrected chi connectivity index (χ0v) is 13.8. The highest BCUT2D eigenvalue weighted by atomic mass is 16.5. The molecule has 0 atom stereocenters. The minimum atomic E-state index is -0.492. The summed E-state index contributed by atoms with van der Waals surface area (Å²) in [6.45, 7) is 2.58. The molecule has 0 spiro atoms. The number of rotatable bonds is 5. The molecule has 1 aromatic heterocycles. The van der Waals surface area contributed by atoms with Crippen molar-refractivity contribution < 1.29 is 9.53 Å². The Kier molecular flexibility index (Phi) is 4.70. The number of carbonyl (C=O) groups excluding carboxylic acids is 1. The summed E-state index contributed by atoms with van der Waals surface area (Å²) in [6, 6.07) is 12.0. The molecule has 25 heavy (non-hydrogen) atoms. The predicted molar refractivity (Wildman–Crippen MR) is 99.2 cm³/mol. The molecule has 2 aromatic carbocycles. The molecule has 3 aromatic rings. The lowest BCUT2D eigenvalue weighted by Crippen LogP contribution is -2.22. The van der Waals surface area contributed by atoms with Crippen molar-refractivity contribution >= 4 is 28.2 Å². The van der Waals surface area contributed by atoms with Gasteiger partial charge < -0.3 is 20.8 Å². The van der Waals surface area contributed by atoms with Crippen LogP contribution in [0.5, 0.6) is 5.75 Å². The van der Waals surface area contributed by atoms with Crippen molar-refractivity contribution in [3.63, 3.8) is 0 Å². The lowest BCUT2D eigenvalue weighted by Gasteiger charge is -2.10. The molecule has 3 rings (SSSR count). The molecule has 0 aliphatic heterocycles. The average molecular weight is 337 g/mol. The van der Waals surface area contributed by atoms with Gasteiger partial charge in [-0.1, -0.05) is 19.1 Å². The van der Waals surface area contributed by atoms with E-state index in [-0.39, 0.29) is 11.0 Å². The van der Waals surface area contributed by atoms with Gasteiger partial charge in [-0.3, -0.25) is 9.59 Å².